The zero-order chi connectivity index (χ0) is 18.2. The van der Waals surface area contributed by atoms with Gasteiger partial charge in [-0.2, -0.15) is 5.10 Å². The van der Waals surface area contributed by atoms with Crippen LogP contribution in [0.3, 0.4) is 0 Å². The molecule has 2 aliphatic rings. The Balaban J connectivity index is 1.56. The van der Waals surface area contributed by atoms with Gasteiger partial charge in [-0.1, -0.05) is 44.5 Å². The van der Waals surface area contributed by atoms with Crippen LogP contribution in [0.1, 0.15) is 50.4 Å². The smallest absolute Gasteiger partial charge is 0.259 e. The molecule has 0 radical (unpaired) electrons. The van der Waals surface area contributed by atoms with Crippen molar-refractivity contribution in [2.75, 3.05) is 6.54 Å². The molecule has 2 bridgehead atoms. The number of hydrogen-bond acceptors (Lipinski definition) is 3. The quantitative estimate of drug-likeness (QED) is 0.807. The Morgan fingerprint density at radius 1 is 1.28 bits per heavy atom. The highest BCUT2D eigenvalue weighted by Crippen LogP contribution is 2.63. The van der Waals surface area contributed by atoms with Gasteiger partial charge in [0, 0.05) is 11.1 Å². The van der Waals surface area contributed by atoms with E-state index in [1.807, 2.05) is 0 Å². The van der Waals surface area contributed by atoms with Crippen LogP contribution < -0.4 is 10.7 Å². The molecule has 1 aromatic carbocycles. The van der Waals surface area contributed by atoms with E-state index in [0.29, 0.717) is 16.5 Å². The van der Waals surface area contributed by atoms with Gasteiger partial charge in [0.2, 0.25) is 0 Å². The molecule has 0 aliphatic heterocycles. The van der Waals surface area contributed by atoms with Gasteiger partial charge in [0.25, 0.3) is 11.8 Å². The minimum atomic E-state index is -0.374. The van der Waals surface area contributed by atoms with Crippen molar-refractivity contribution in [3.8, 4) is 0 Å². The van der Waals surface area contributed by atoms with E-state index in [9.17, 15) is 9.59 Å². The predicted molar refractivity (Wildman–Crippen MR) is 98.6 cm³/mol. The Labute approximate surface area is 153 Å². The molecule has 2 fully saturated rings. The van der Waals surface area contributed by atoms with Crippen molar-refractivity contribution in [2.24, 2.45) is 21.8 Å². The summed E-state index contributed by atoms with van der Waals surface area (Å²) in [6.07, 6.45) is 3.28. The maximum absolute atomic E-state index is 12.1. The summed E-state index contributed by atoms with van der Waals surface area (Å²) in [5.41, 5.74) is 4.28. The minimum Gasteiger partial charge on any atom is -0.343 e. The Morgan fingerprint density at radius 3 is 2.60 bits per heavy atom. The molecule has 5 nitrogen and oxygen atoms in total. The van der Waals surface area contributed by atoms with Crippen molar-refractivity contribution in [1.82, 2.24) is 10.7 Å². The van der Waals surface area contributed by atoms with Crippen LogP contribution >= 0.6 is 11.6 Å². The number of nitrogens with one attached hydrogen (secondary N) is 2. The molecule has 0 unspecified atom stereocenters. The molecule has 6 heteroatoms. The van der Waals surface area contributed by atoms with Crippen molar-refractivity contribution in [3.63, 3.8) is 0 Å². The van der Waals surface area contributed by atoms with Gasteiger partial charge in [-0.3, -0.25) is 9.59 Å². The second-order valence-electron chi connectivity index (χ2n) is 7.75. The van der Waals surface area contributed by atoms with E-state index in [2.05, 4.69) is 36.6 Å². The van der Waals surface area contributed by atoms with Crippen molar-refractivity contribution in [3.05, 3.63) is 34.9 Å². The number of carbonyl (C=O) groups excluding carboxylic acids is 2. The van der Waals surface area contributed by atoms with E-state index in [1.165, 1.54) is 6.42 Å². The zero-order valence-corrected chi connectivity index (χ0v) is 15.6. The van der Waals surface area contributed by atoms with Crippen LogP contribution in [0, 0.1) is 16.7 Å². The molecule has 0 spiro atoms. The van der Waals surface area contributed by atoms with Gasteiger partial charge in [0.05, 0.1) is 17.1 Å². The van der Waals surface area contributed by atoms with Crippen molar-refractivity contribution in [2.45, 2.75) is 40.0 Å². The summed E-state index contributed by atoms with van der Waals surface area (Å²) < 4.78 is 0. The zero-order valence-electron chi connectivity index (χ0n) is 14.9. The Morgan fingerprint density at radius 2 is 2.00 bits per heavy atom. The van der Waals surface area contributed by atoms with E-state index in [0.717, 1.165) is 18.6 Å². The first-order valence-corrected chi connectivity index (χ1v) is 9.02. The number of amides is 2. The normalized spacial score (nSPS) is 28.2. The SMILES string of the molecule is CC1(C)[C@@H]2CC[C@]1(C)/C(=N/NC(=O)CNC(=O)c1ccccc1Cl)C2. The first-order valence-electron chi connectivity index (χ1n) is 8.64. The van der Waals surface area contributed by atoms with Crippen LogP contribution in [0.25, 0.3) is 0 Å². The molecular formula is C19H24ClN3O2. The van der Waals surface area contributed by atoms with Crippen LogP contribution in [0.2, 0.25) is 5.02 Å². The minimum absolute atomic E-state index is 0.0474. The molecule has 0 saturated heterocycles. The lowest BCUT2D eigenvalue weighted by Crippen LogP contribution is -2.37. The number of nitrogens with zero attached hydrogens (tertiary/aromatic N) is 1. The average Bonchev–Trinajstić information content (AvgIpc) is 2.91. The van der Waals surface area contributed by atoms with Gasteiger partial charge < -0.3 is 5.32 Å². The lowest BCUT2D eigenvalue weighted by atomic mass is 9.70. The fourth-order valence-electron chi connectivity index (χ4n) is 4.17. The van der Waals surface area contributed by atoms with Gasteiger partial charge in [0.1, 0.15) is 0 Å². The highest BCUT2D eigenvalue weighted by molar-refractivity contribution is 6.33. The van der Waals surface area contributed by atoms with Crippen molar-refractivity contribution < 1.29 is 9.59 Å². The third-order valence-corrected chi connectivity index (χ3v) is 6.69. The third kappa shape index (κ3) is 3.06. The Hall–Kier alpha value is -1.88. The maximum Gasteiger partial charge on any atom is 0.259 e. The van der Waals surface area contributed by atoms with E-state index in [4.69, 9.17) is 11.6 Å². The summed E-state index contributed by atoms with van der Waals surface area (Å²) in [5, 5.41) is 7.31. The van der Waals surface area contributed by atoms with Gasteiger partial charge in [0.15, 0.2) is 0 Å². The first-order chi connectivity index (χ1) is 11.8. The number of benzene rings is 1. The summed E-state index contributed by atoms with van der Waals surface area (Å²) >= 11 is 5.98. The van der Waals surface area contributed by atoms with Crippen molar-refractivity contribution >= 4 is 29.1 Å². The molecule has 2 saturated carbocycles. The highest BCUT2D eigenvalue weighted by atomic mass is 35.5. The second-order valence-corrected chi connectivity index (χ2v) is 8.16. The van der Waals surface area contributed by atoms with Crippen LogP contribution in [0.4, 0.5) is 0 Å². The standard InChI is InChI=1S/C19H24ClN3O2/c1-18(2)12-8-9-19(18,3)15(10-12)22-23-16(24)11-21-17(25)13-6-4-5-7-14(13)20/h4-7,12H,8-11H2,1-3H3,(H,21,25)(H,23,24)/b22-15+/t12-,19-/m1/s1. The summed E-state index contributed by atoms with van der Waals surface area (Å²) in [6, 6.07) is 6.73. The third-order valence-electron chi connectivity index (χ3n) is 6.36. The fraction of sp³-hybridized carbons (Fsp3) is 0.526. The van der Waals surface area contributed by atoms with Crippen LogP contribution in [0.5, 0.6) is 0 Å². The summed E-state index contributed by atoms with van der Waals surface area (Å²) in [4.78, 5) is 24.1. The number of hydrazone groups is 1. The topological polar surface area (TPSA) is 70.6 Å². The molecule has 134 valence electrons. The number of rotatable bonds is 4. The molecule has 2 amide bonds. The second kappa shape index (κ2) is 6.45. The van der Waals surface area contributed by atoms with E-state index in [1.54, 1.807) is 24.3 Å². The molecule has 0 heterocycles. The largest absolute Gasteiger partial charge is 0.343 e. The molecule has 1 aromatic rings. The summed E-state index contributed by atoms with van der Waals surface area (Å²) in [7, 11) is 0. The van der Waals surface area contributed by atoms with Crippen LogP contribution in [-0.2, 0) is 4.79 Å². The van der Waals surface area contributed by atoms with Gasteiger partial charge in [-0.25, -0.2) is 5.43 Å². The molecule has 2 N–H and O–H groups in total. The number of halogens is 1. The highest BCUT2D eigenvalue weighted by Gasteiger charge is 2.59. The molecule has 2 atom stereocenters. The molecule has 3 rings (SSSR count). The molecular weight excluding hydrogens is 338 g/mol. The Bertz CT molecular complexity index is 744. The van der Waals surface area contributed by atoms with E-state index >= 15 is 0 Å². The van der Waals surface area contributed by atoms with Crippen LogP contribution in [0.15, 0.2) is 29.4 Å². The van der Waals surface area contributed by atoms with Gasteiger partial charge in [-0.15, -0.1) is 0 Å². The maximum atomic E-state index is 12.1. The average molecular weight is 362 g/mol. The van der Waals surface area contributed by atoms with E-state index < -0.39 is 0 Å². The lowest BCUT2D eigenvalue weighted by Gasteiger charge is -2.34. The van der Waals surface area contributed by atoms with E-state index in [-0.39, 0.29) is 29.2 Å². The predicted octanol–water partition coefficient (Wildman–Crippen LogP) is 3.39. The van der Waals surface area contributed by atoms with Crippen molar-refractivity contribution in [1.29, 1.82) is 0 Å². The number of hydrogen-bond donors (Lipinski definition) is 2. The van der Waals surface area contributed by atoms with Gasteiger partial charge >= 0.3 is 0 Å². The first kappa shape index (κ1) is 17.9. The number of fused-ring (bicyclic) bond motifs is 2. The molecule has 25 heavy (non-hydrogen) atoms. The fourth-order valence-corrected chi connectivity index (χ4v) is 4.39. The van der Waals surface area contributed by atoms with Gasteiger partial charge in [-0.05, 0) is 42.7 Å². The lowest BCUT2D eigenvalue weighted by molar-refractivity contribution is -0.120. The molecule has 0 aromatic heterocycles. The summed E-state index contributed by atoms with van der Waals surface area (Å²) in [5.74, 6) is -0.0772. The Kier molecular flexibility index (Phi) is 4.62. The number of carbonyl (C=O) groups is 2. The summed E-state index contributed by atoms with van der Waals surface area (Å²) in [6.45, 7) is 6.69. The monoisotopic (exact) mass is 361 g/mol. The molecule has 2 aliphatic carbocycles. The van der Waals surface area contributed by atoms with Crippen LogP contribution in [-0.4, -0.2) is 24.1 Å².